The van der Waals surface area contributed by atoms with Gasteiger partial charge in [0.25, 0.3) is 0 Å². The molecule has 0 spiro atoms. The Morgan fingerprint density at radius 2 is 1.14 bits per heavy atom. The molecule has 0 aliphatic carbocycles. The number of carbonyl (C=O) groups is 3. The smallest absolute Gasteiger partial charge is 0.408 e. The fraction of sp³-hybridized carbons (Fsp3) is 0.786. The van der Waals surface area contributed by atoms with Crippen molar-refractivity contribution >= 4 is 18.1 Å². The van der Waals surface area contributed by atoms with E-state index >= 15 is 0 Å². The second-order valence-electron chi connectivity index (χ2n) is 6.63. The molecule has 8 nitrogen and oxygen atoms in total. The molecule has 22 heavy (non-hydrogen) atoms. The van der Waals surface area contributed by atoms with Crippen LogP contribution in [0.1, 0.15) is 41.5 Å². The quantitative estimate of drug-likeness (QED) is 0.660. The molecule has 0 unspecified atom stereocenters. The molecular weight excluding hydrogens is 290 g/mol. The molecule has 0 heterocycles. The number of ether oxygens (including phenoxy) is 2. The first-order valence-electron chi connectivity index (χ1n) is 7.09. The highest BCUT2D eigenvalue weighted by atomic mass is 16.6. The third-order valence-electron chi connectivity index (χ3n) is 1.91. The highest BCUT2D eigenvalue weighted by molar-refractivity contribution is 5.82. The van der Waals surface area contributed by atoms with E-state index in [4.69, 9.17) is 9.47 Å². The number of rotatable bonds is 5. The molecule has 0 saturated heterocycles. The van der Waals surface area contributed by atoms with E-state index < -0.39 is 23.4 Å². The summed E-state index contributed by atoms with van der Waals surface area (Å²) in [5, 5.41) is 7.38. The zero-order valence-electron chi connectivity index (χ0n) is 14.2. The molecule has 3 N–H and O–H groups in total. The minimum atomic E-state index is -0.658. The van der Waals surface area contributed by atoms with Gasteiger partial charge in [0.15, 0.2) is 0 Å². The van der Waals surface area contributed by atoms with Gasteiger partial charge in [0.05, 0.1) is 6.54 Å². The summed E-state index contributed by atoms with van der Waals surface area (Å²) in [5.74, 6) is -0.378. The van der Waals surface area contributed by atoms with Gasteiger partial charge < -0.3 is 25.4 Å². The van der Waals surface area contributed by atoms with Gasteiger partial charge in [-0.1, -0.05) is 0 Å². The SMILES string of the molecule is CC(C)(C)OC(=O)NCCNC(=O)CNC(=O)OC(C)(C)C. The number of nitrogens with one attached hydrogen (secondary N) is 3. The highest BCUT2D eigenvalue weighted by Gasteiger charge is 2.17. The Hall–Kier alpha value is -1.99. The van der Waals surface area contributed by atoms with E-state index in [0.717, 1.165) is 0 Å². The van der Waals surface area contributed by atoms with Crippen molar-refractivity contribution in [3.05, 3.63) is 0 Å². The summed E-state index contributed by atoms with van der Waals surface area (Å²) in [6, 6.07) is 0. The van der Waals surface area contributed by atoms with Crippen molar-refractivity contribution in [2.45, 2.75) is 52.7 Å². The van der Waals surface area contributed by atoms with E-state index in [-0.39, 0.29) is 25.5 Å². The van der Waals surface area contributed by atoms with Crippen LogP contribution in [0.25, 0.3) is 0 Å². The van der Waals surface area contributed by atoms with Crippen LogP contribution in [-0.2, 0) is 14.3 Å². The van der Waals surface area contributed by atoms with Crippen LogP contribution < -0.4 is 16.0 Å². The van der Waals surface area contributed by atoms with Crippen LogP contribution in [0, 0.1) is 0 Å². The van der Waals surface area contributed by atoms with Gasteiger partial charge in [-0.15, -0.1) is 0 Å². The van der Waals surface area contributed by atoms with Crippen molar-refractivity contribution in [1.29, 1.82) is 0 Å². The van der Waals surface area contributed by atoms with Crippen LogP contribution in [0.2, 0.25) is 0 Å². The third-order valence-corrected chi connectivity index (χ3v) is 1.91. The monoisotopic (exact) mass is 317 g/mol. The Balaban J connectivity index is 3.75. The summed E-state index contributed by atoms with van der Waals surface area (Å²) in [4.78, 5) is 34.1. The first-order chi connectivity index (χ1) is 9.89. The van der Waals surface area contributed by atoms with Crippen LogP contribution in [0.3, 0.4) is 0 Å². The number of amides is 3. The average molecular weight is 317 g/mol. The average Bonchev–Trinajstić information content (AvgIpc) is 2.27. The highest BCUT2D eigenvalue weighted by Crippen LogP contribution is 2.06. The van der Waals surface area contributed by atoms with Crippen molar-refractivity contribution in [2.75, 3.05) is 19.6 Å². The minimum absolute atomic E-state index is 0.193. The standard InChI is InChI=1S/C14H27N3O5/c1-13(2,3)21-11(19)16-8-7-15-10(18)9-17-12(20)22-14(4,5)6/h7-9H2,1-6H3,(H,15,18)(H,16,19)(H,17,20). The van der Waals surface area contributed by atoms with E-state index in [9.17, 15) is 14.4 Å². The van der Waals surface area contributed by atoms with E-state index in [1.807, 2.05) is 0 Å². The van der Waals surface area contributed by atoms with Gasteiger partial charge in [0.2, 0.25) is 5.91 Å². The maximum atomic E-state index is 11.5. The molecule has 0 aromatic carbocycles. The second-order valence-corrected chi connectivity index (χ2v) is 6.63. The molecule has 0 radical (unpaired) electrons. The number of hydrogen-bond acceptors (Lipinski definition) is 5. The molecule has 0 atom stereocenters. The van der Waals surface area contributed by atoms with Crippen molar-refractivity contribution in [3.63, 3.8) is 0 Å². The molecule has 3 amide bonds. The fourth-order valence-electron chi connectivity index (χ4n) is 1.21. The lowest BCUT2D eigenvalue weighted by molar-refractivity contribution is -0.120. The van der Waals surface area contributed by atoms with Gasteiger partial charge >= 0.3 is 12.2 Å². The number of carbonyl (C=O) groups excluding carboxylic acids is 3. The lowest BCUT2D eigenvalue weighted by Gasteiger charge is -2.20. The molecular formula is C14H27N3O5. The molecule has 0 aromatic heterocycles. The van der Waals surface area contributed by atoms with Crippen molar-refractivity contribution in [2.24, 2.45) is 0 Å². The van der Waals surface area contributed by atoms with Crippen LogP contribution in [-0.4, -0.2) is 48.9 Å². The zero-order valence-corrected chi connectivity index (χ0v) is 14.2. The summed E-state index contributed by atoms with van der Waals surface area (Å²) < 4.78 is 10.0. The van der Waals surface area contributed by atoms with Crippen LogP contribution in [0.4, 0.5) is 9.59 Å². The van der Waals surface area contributed by atoms with Gasteiger partial charge in [-0.05, 0) is 41.5 Å². The molecule has 0 rings (SSSR count). The van der Waals surface area contributed by atoms with E-state index in [1.54, 1.807) is 41.5 Å². The maximum absolute atomic E-state index is 11.5. The van der Waals surface area contributed by atoms with Gasteiger partial charge in [-0.3, -0.25) is 4.79 Å². The normalized spacial score (nSPS) is 11.4. The second kappa shape index (κ2) is 8.45. The van der Waals surface area contributed by atoms with E-state index in [2.05, 4.69) is 16.0 Å². The predicted octanol–water partition coefficient (Wildman–Crippen LogP) is 1.15. The first-order valence-corrected chi connectivity index (χ1v) is 7.09. The van der Waals surface area contributed by atoms with Gasteiger partial charge in [0.1, 0.15) is 11.2 Å². The van der Waals surface area contributed by atoms with Gasteiger partial charge in [-0.25, -0.2) is 9.59 Å². The molecule has 0 aliphatic rings. The Labute approximate surface area is 131 Å². The molecule has 0 aromatic rings. The van der Waals surface area contributed by atoms with Crippen molar-refractivity contribution in [3.8, 4) is 0 Å². The van der Waals surface area contributed by atoms with Crippen LogP contribution >= 0.6 is 0 Å². The topological polar surface area (TPSA) is 106 Å². The summed E-state index contributed by atoms with van der Waals surface area (Å²) >= 11 is 0. The molecule has 0 bridgehead atoms. The van der Waals surface area contributed by atoms with E-state index in [0.29, 0.717) is 0 Å². The molecule has 0 saturated carbocycles. The summed E-state index contributed by atoms with van der Waals surface area (Å²) in [6.45, 7) is 10.7. The van der Waals surface area contributed by atoms with Crippen molar-refractivity contribution < 1.29 is 23.9 Å². The summed E-state index contributed by atoms with van der Waals surface area (Å²) in [6.07, 6.45) is -1.21. The van der Waals surface area contributed by atoms with Gasteiger partial charge in [-0.2, -0.15) is 0 Å². The number of hydrogen-bond donors (Lipinski definition) is 3. The van der Waals surface area contributed by atoms with Gasteiger partial charge in [0, 0.05) is 13.1 Å². The number of alkyl carbamates (subject to hydrolysis) is 2. The first kappa shape index (κ1) is 20.0. The predicted molar refractivity (Wildman–Crippen MR) is 81.5 cm³/mol. The largest absolute Gasteiger partial charge is 0.444 e. The molecule has 128 valence electrons. The summed E-state index contributed by atoms with van der Waals surface area (Å²) in [5.41, 5.74) is -1.18. The lowest BCUT2D eigenvalue weighted by atomic mass is 10.2. The Morgan fingerprint density at radius 1 is 0.727 bits per heavy atom. The van der Waals surface area contributed by atoms with Crippen molar-refractivity contribution in [1.82, 2.24) is 16.0 Å². The third kappa shape index (κ3) is 13.0. The van der Waals surface area contributed by atoms with Crippen LogP contribution in [0.15, 0.2) is 0 Å². The maximum Gasteiger partial charge on any atom is 0.408 e. The Morgan fingerprint density at radius 3 is 1.59 bits per heavy atom. The Kier molecular flexibility index (Phi) is 7.69. The minimum Gasteiger partial charge on any atom is -0.444 e. The molecule has 0 fully saturated rings. The fourth-order valence-corrected chi connectivity index (χ4v) is 1.21. The zero-order chi connectivity index (χ0) is 17.4. The Bertz CT molecular complexity index is 396. The summed E-state index contributed by atoms with van der Waals surface area (Å²) in [7, 11) is 0. The van der Waals surface area contributed by atoms with Crippen LogP contribution in [0.5, 0.6) is 0 Å². The molecule has 8 heteroatoms. The lowest BCUT2D eigenvalue weighted by Crippen LogP contribution is -2.42. The molecule has 0 aliphatic heterocycles. The van der Waals surface area contributed by atoms with E-state index in [1.165, 1.54) is 0 Å².